The van der Waals surface area contributed by atoms with Crippen molar-refractivity contribution in [3.8, 4) is 0 Å². The van der Waals surface area contributed by atoms with Gasteiger partial charge in [0, 0.05) is 18.8 Å². The molecule has 0 fully saturated rings. The lowest BCUT2D eigenvalue weighted by Crippen LogP contribution is -2.38. The molecule has 1 atom stereocenters. The van der Waals surface area contributed by atoms with E-state index < -0.39 is 0 Å². The molecule has 2 amide bonds. The Morgan fingerprint density at radius 2 is 2.38 bits per heavy atom. The molecule has 5 heteroatoms. The van der Waals surface area contributed by atoms with Gasteiger partial charge in [-0.15, -0.1) is 0 Å². The summed E-state index contributed by atoms with van der Waals surface area (Å²) in [7, 11) is 0. The minimum absolute atomic E-state index is 0.00582. The molecule has 0 spiro atoms. The van der Waals surface area contributed by atoms with Crippen molar-refractivity contribution >= 4 is 11.8 Å². The lowest BCUT2D eigenvalue weighted by Gasteiger charge is -2.15. The molecule has 1 unspecified atom stereocenters. The van der Waals surface area contributed by atoms with E-state index in [4.69, 9.17) is 5.11 Å². The zero-order valence-electron chi connectivity index (χ0n) is 9.31. The highest BCUT2D eigenvalue weighted by Gasteiger charge is 2.09. The molecule has 0 aliphatic carbocycles. The number of nitrogens with zero attached hydrogens (tertiary/aromatic N) is 1. The molecular formula is C11H17N3O2. The second-order valence-corrected chi connectivity index (χ2v) is 3.43. The van der Waals surface area contributed by atoms with Crippen LogP contribution in [-0.4, -0.2) is 28.8 Å². The number of anilines is 1. The lowest BCUT2D eigenvalue weighted by atomic mass is 10.2. The topological polar surface area (TPSA) is 74.2 Å². The smallest absolute Gasteiger partial charge is 0.320 e. The van der Waals surface area contributed by atoms with Gasteiger partial charge in [0.1, 0.15) is 5.82 Å². The molecule has 0 radical (unpaired) electrons. The van der Waals surface area contributed by atoms with Crippen LogP contribution in [0.5, 0.6) is 0 Å². The maximum absolute atomic E-state index is 11.5. The Kier molecular flexibility index (Phi) is 5.28. The predicted octanol–water partition coefficient (Wildman–Crippen LogP) is 1.36. The number of urea groups is 1. The molecule has 1 aromatic rings. The maximum Gasteiger partial charge on any atom is 0.320 e. The van der Waals surface area contributed by atoms with E-state index in [1.165, 1.54) is 0 Å². The van der Waals surface area contributed by atoms with Crippen molar-refractivity contribution in [2.75, 3.05) is 11.9 Å². The number of carbonyl (C=O) groups is 1. The second kappa shape index (κ2) is 6.79. The number of carbonyl (C=O) groups excluding carboxylic acids is 1. The van der Waals surface area contributed by atoms with E-state index in [-0.39, 0.29) is 18.7 Å². The van der Waals surface area contributed by atoms with Gasteiger partial charge in [0.2, 0.25) is 0 Å². The van der Waals surface area contributed by atoms with Crippen LogP contribution >= 0.6 is 0 Å². The summed E-state index contributed by atoms with van der Waals surface area (Å²) >= 11 is 0. The molecule has 0 saturated heterocycles. The van der Waals surface area contributed by atoms with Gasteiger partial charge in [-0.25, -0.2) is 9.78 Å². The largest absolute Gasteiger partial charge is 0.396 e. The van der Waals surface area contributed by atoms with Gasteiger partial charge in [0.25, 0.3) is 0 Å². The van der Waals surface area contributed by atoms with Gasteiger partial charge in [-0.3, -0.25) is 5.32 Å². The number of hydrogen-bond donors (Lipinski definition) is 3. The Bertz CT molecular complexity index is 316. The molecule has 1 heterocycles. The average molecular weight is 223 g/mol. The van der Waals surface area contributed by atoms with Gasteiger partial charge in [-0.2, -0.15) is 0 Å². The summed E-state index contributed by atoms with van der Waals surface area (Å²) in [6, 6.07) is 5.00. The van der Waals surface area contributed by atoms with Crippen molar-refractivity contribution in [1.82, 2.24) is 10.3 Å². The molecule has 88 valence electrons. The molecule has 1 aromatic heterocycles. The minimum Gasteiger partial charge on any atom is -0.396 e. The third-order valence-corrected chi connectivity index (χ3v) is 2.21. The number of amides is 2. The number of aliphatic hydroxyl groups excluding tert-OH is 1. The van der Waals surface area contributed by atoms with E-state index in [9.17, 15) is 4.79 Å². The molecule has 16 heavy (non-hydrogen) atoms. The molecule has 0 aliphatic heterocycles. The van der Waals surface area contributed by atoms with E-state index >= 15 is 0 Å². The highest BCUT2D eigenvalue weighted by Crippen LogP contribution is 2.01. The molecule has 5 nitrogen and oxygen atoms in total. The van der Waals surface area contributed by atoms with Crippen LogP contribution in [0.4, 0.5) is 10.6 Å². The van der Waals surface area contributed by atoms with E-state index in [0.717, 1.165) is 6.42 Å². The summed E-state index contributed by atoms with van der Waals surface area (Å²) < 4.78 is 0. The maximum atomic E-state index is 11.5. The Morgan fingerprint density at radius 1 is 1.56 bits per heavy atom. The highest BCUT2D eigenvalue weighted by molar-refractivity contribution is 5.88. The van der Waals surface area contributed by atoms with Crippen molar-refractivity contribution < 1.29 is 9.90 Å². The molecule has 0 bridgehead atoms. The average Bonchev–Trinajstić information content (AvgIpc) is 2.29. The molecule has 0 aromatic carbocycles. The van der Waals surface area contributed by atoms with Gasteiger partial charge in [-0.05, 0) is 25.0 Å². The van der Waals surface area contributed by atoms with Crippen LogP contribution in [0.25, 0.3) is 0 Å². The lowest BCUT2D eigenvalue weighted by molar-refractivity contribution is 0.237. The molecular weight excluding hydrogens is 206 g/mol. The Morgan fingerprint density at radius 3 is 2.94 bits per heavy atom. The predicted molar refractivity (Wildman–Crippen MR) is 62.2 cm³/mol. The van der Waals surface area contributed by atoms with Crippen molar-refractivity contribution in [2.24, 2.45) is 0 Å². The summed E-state index contributed by atoms with van der Waals surface area (Å²) in [6.45, 7) is 2.03. The number of rotatable bonds is 5. The normalized spacial score (nSPS) is 11.9. The molecule has 0 saturated carbocycles. The van der Waals surface area contributed by atoms with Crippen molar-refractivity contribution in [1.29, 1.82) is 0 Å². The van der Waals surface area contributed by atoms with Gasteiger partial charge >= 0.3 is 6.03 Å². The van der Waals surface area contributed by atoms with Crippen LogP contribution in [0.3, 0.4) is 0 Å². The highest BCUT2D eigenvalue weighted by atomic mass is 16.3. The van der Waals surface area contributed by atoms with Crippen LogP contribution in [0.15, 0.2) is 24.4 Å². The van der Waals surface area contributed by atoms with Crippen molar-refractivity contribution in [3.05, 3.63) is 24.4 Å². The Labute approximate surface area is 94.9 Å². The quantitative estimate of drug-likeness (QED) is 0.705. The molecule has 0 aliphatic rings. The fraction of sp³-hybridized carbons (Fsp3) is 0.455. The number of hydrogen-bond acceptors (Lipinski definition) is 3. The van der Waals surface area contributed by atoms with E-state index in [1.54, 1.807) is 24.4 Å². The van der Waals surface area contributed by atoms with E-state index in [1.807, 2.05) is 6.92 Å². The standard InChI is InChI=1S/C11H17N3O2/c1-2-9(6-8-15)13-11(16)14-10-5-3-4-7-12-10/h3-5,7,9,15H,2,6,8H2,1H3,(H2,12,13,14,16). The SMILES string of the molecule is CCC(CCO)NC(=O)Nc1ccccn1. The van der Waals surface area contributed by atoms with Crippen molar-refractivity contribution in [2.45, 2.75) is 25.8 Å². The van der Waals surface area contributed by atoms with Crippen LogP contribution in [0, 0.1) is 0 Å². The fourth-order valence-corrected chi connectivity index (χ4v) is 1.31. The van der Waals surface area contributed by atoms with Crippen LogP contribution in [0.2, 0.25) is 0 Å². The first-order valence-corrected chi connectivity index (χ1v) is 5.35. The number of aliphatic hydroxyl groups is 1. The van der Waals surface area contributed by atoms with Crippen LogP contribution in [0.1, 0.15) is 19.8 Å². The summed E-state index contributed by atoms with van der Waals surface area (Å²) in [5.74, 6) is 0.513. The number of aromatic nitrogens is 1. The van der Waals surface area contributed by atoms with E-state index in [2.05, 4.69) is 15.6 Å². The third-order valence-electron chi connectivity index (χ3n) is 2.21. The number of nitrogens with one attached hydrogen (secondary N) is 2. The zero-order valence-corrected chi connectivity index (χ0v) is 9.31. The van der Waals surface area contributed by atoms with Gasteiger partial charge < -0.3 is 10.4 Å². The first-order valence-electron chi connectivity index (χ1n) is 5.35. The van der Waals surface area contributed by atoms with Crippen LogP contribution < -0.4 is 10.6 Å². The first kappa shape index (κ1) is 12.4. The van der Waals surface area contributed by atoms with Gasteiger partial charge in [0.05, 0.1) is 0 Å². The molecule has 1 rings (SSSR count). The second-order valence-electron chi connectivity index (χ2n) is 3.43. The minimum atomic E-state index is -0.293. The zero-order chi connectivity index (χ0) is 11.8. The Balaban J connectivity index is 2.41. The van der Waals surface area contributed by atoms with Crippen molar-refractivity contribution in [3.63, 3.8) is 0 Å². The fourth-order valence-electron chi connectivity index (χ4n) is 1.31. The monoisotopic (exact) mass is 223 g/mol. The number of pyridine rings is 1. The summed E-state index contributed by atoms with van der Waals surface area (Å²) in [5, 5.41) is 14.2. The van der Waals surface area contributed by atoms with Gasteiger partial charge in [0.15, 0.2) is 0 Å². The Hall–Kier alpha value is -1.62. The first-order chi connectivity index (χ1) is 7.76. The third kappa shape index (κ3) is 4.27. The van der Waals surface area contributed by atoms with Gasteiger partial charge in [-0.1, -0.05) is 13.0 Å². The van der Waals surface area contributed by atoms with Crippen LogP contribution in [-0.2, 0) is 0 Å². The summed E-state index contributed by atoms with van der Waals surface area (Å²) in [6.07, 6.45) is 2.96. The summed E-state index contributed by atoms with van der Waals surface area (Å²) in [5.41, 5.74) is 0. The summed E-state index contributed by atoms with van der Waals surface area (Å²) in [4.78, 5) is 15.5. The van der Waals surface area contributed by atoms with E-state index in [0.29, 0.717) is 12.2 Å². The molecule has 3 N–H and O–H groups in total.